The molecule has 0 aliphatic rings. The van der Waals surface area contributed by atoms with Gasteiger partial charge in [0.15, 0.2) is 0 Å². The minimum absolute atomic E-state index is 0.100. The lowest BCUT2D eigenvalue weighted by atomic mass is 9.95. The Morgan fingerprint density at radius 2 is 1.79 bits per heavy atom. The summed E-state index contributed by atoms with van der Waals surface area (Å²) in [5, 5.41) is 2.79. The van der Waals surface area contributed by atoms with E-state index >= 15 is 0 Å². The molecule has 0 bridgehead atoms. The van der Waals surface area contributed by atoms with Crippen LogP contribution in [0.4, 0.5) is 0 Å². The van der Waals surface area contributed by atoms with Crippen LogP contribution in [-0.2, 0) is 9.59 Å². The molecule has 0 aromatic heterocycles. The highest BCUT2D eigenvalue weighted by atomic mass is 16.2. The summed E-state index contributed by atoms with van der Waals surface area (Å²) in [6.45, 7) is 9.02. The minimum Gasteiger partial charge on any atom is -0.355 e. The number of nitrogens with two attached hydrogens (primary N) is 1. The van der Waals surface area contributed by atoms with Crippen molar-refractivity contribution in [1.29, 1.82) is 0 Å². The van der Waals surface area contributed by atoms with Crippen molar-refractivity contribution in [3.63, 3.8) is 0 Å². The summed E-state index contributed by atoms with van der Waals surface area (Å²) in [6.07, 6.45) is 3.18. The number of carbonyl (C=O) groups excluding carboxylic acids is 2. The molecule has 0 spiro atoms. The molecule has 3 N–H and O–H groups in total. The Labute approximate surface area is 116 Å². The first-order chi connectivity index (χ1) is 8.88. The predicted octanol–water partition coefficient (Wildman–Crippen LogP) is 1.27. The van der Waals surface area contributed by atoms with Gasteiger partial charge in [-0.1, -0.05) is 27.2 Å². The standard InChI is InChI=1S/C14H29N3O2/c1-5-8-14(4,15)13(19)17(10-7-3)11-12(18)16-9-6-2/h5-11,15H2,1-4H3,(H,16,18). The van der Waals surface area contributed by atoms with Gasteiger partial charge in [0.05, 0.1) is 12.1 Å². The van der Waals surface area contributed by atoms with Gasteiger partial charge < -0.3 is 16.0 Å². The van der Waals surface area contributed by atoms with E-state index in [1.54, 1.807) is 11.8 Å². The molecule has 1 atom stereocenters. The summed E-state index contributed by atoms with van der Waals surface area (Å²) in [7, 11) is 0. The molecule has 0 aromatic rings. The molecular weight excluding hydrogens is 242 g/mol. The molecule has 112 valence electrons. The smallest absolute Gasteiger partial charge is 0.242 e. The van der Waals surface area contributed by atoms with Crippen molar-refractivity contribution in [3.8, 4) is 0 Å². The third kappa shape index (κ3) is 6.57. The molecule has 0 radical (unpaired) electrons. The second kappa shape index (κ2) is 8.91. The van der Waals surface area contributed by atoms with Gasteiger partial charge in [-0.2, -0.15) is 0 Å². The van der Waals surface area contributed by atoms with Crippen molar-refractivity contribution < 1.29 is 9.59 Å². The summed E-state index contributed by atoms with van der Waals surface area (Å²) >= 11 is 0. The third-order valence-corrected chi connectivity index (χ3v) is 2.95. The number of nitrogens with zero attached hydrogens (tertiary/aromatic N) is 1. The van der Waals surface area contributed by atoms with Gasteiger partial charge in [-0.05, 0) is 26.2 Å². The Kier molecular flexibility index (Phi) is 8.39. The van der Waals surface area contributed by atoms with Gasteiger partial charge in [0.25, 0.3) is 0 Å². The maximum atomic E-state index is 12.4. The van der Waals surface area contributed by atoms with Gasteiger partial charge in [-0.15, -0.1) is 0 Å². The second-order valence-corrected chi connectivity index (χ2v) is 5.24. The number of hydrogen-bond donors (Lipinski definition) is 2. The number of amides is 2. The predicted molar refractivity (Wildman–Crippen MR) is 77.7 cm³/mol. The van der Waals surface area contributed by atoms with Gasteiger partial charge in [0, 0.05) is 13.1 Å². The lowest BCUT2D eigenvalue weighted by Gasteiger charge is -2.31. The van der Waals surface area contributed by atoms with Crippen LogP contribution in [-0.4, -0.2) is 41.9 Å². The van der Waals surface area contributed by atoms with Crippen LogP contribution >= 0.6 is 0 Å². The molecule has 0 saturated heterocycles. The van der Waals surface area contributed by atoms with Crippen molar-refractivity contribution in [2.24, 2.45) is 5.73 Å². The molecule has 0 rings (SSSR count). The van der Waals surface area contributed by atoms with Crippen molar-refractivity contribution in [1.82, 2.24) is 10.2 Å². The fourth-order valence-corrected chi connectivity index (χ4v) is 2.00. The summed E-state index contributed by atoms with van der Waals surface area (Å²) < 4.78 is 0. The van der Waals surface area contributed by atoms with Gasteiger partial charge in [-0.25, -0.2) is 0 Å². The van der Waals surface area contributed by atoms with Crippen LogP contribution in [0.25, 0.3) is 0 Å². The number of nitrogens with one attached hydrogen (secondary N) is 1. The molecule has 0 aromatic carbocycles. The fourth-order valence-electron chi connectivity index (χ4n) is 2.00. The van der Waals surface area contributed by atoms with Crippen LogP contribution in [0.15, 0.2) is 0 Å². The lowest BCUT2D eigenvalue weighted by Crippen LogP contribution is -2.55. The Morgan fingerprint density at radius 3 is 2.26 bits per heavy atom. The Balaban J connectivity index is 4.62. The zero-order chi connectivity index (χ0) is 14.9. The van der Waals surface area contributed by atoms with Crippen LogP contribution in [0.3, 0.4) is 0 Å². The average Bonchev–Trinajstić information content (AvgIpc) is 2.34. The van der Waals surface area contributed by atoms with Crippen LogP contribution in [0.2, 0.25) is 0 Å². The van der Waals surface area contributed by atoms with Gasteiger partial charge in [0.2, 0.25) is 11.8 Å². The van der Waals surface area contributed by atoms with E-state index < -0.39 is 5.54 Å². The van der Waals surface area contributed by atoms with Crippen LogP contribution in [0, 0.1) is 0 Å². The van der Waals surface area contributed by atoms with Gasteiger partial charge >= 0.3 is 0 Å². The molecule has 0 aliphatic carbocycles. The molecule has 5 nitrogen and oxygen atoms in total. The largest absolute Gasteiger partial charge is 0.355 e. The molecule has 19 heavy (non-hydrogen) atoms. The maximum absolute atomic E-state index is 12.4. The highest BCUT2D eigenvalue weighted by Crippen LogP contribution is 2.13. The lowest BCUT2D eigenvalue weighted by molar-refractivity contribution is -0.140. The van der Waals surface area contributed by atoms with E-state index in [2.05, 4.69) is 5.32 Å². The van der Waals surface area contributed by atoms with Gasteiger partial charge in [-0.3, -0.25) is 9.59 Å². The van der Waals surface area contributed by atoms with Crippen molar-refractivity contribution in [3.05, 3.63) is 0 Å². The molecule has 1 unspecified atom stereocenters. The summed E-state index contributed by atoms with van der Waals surface area (Å²) in [5.74, 6) is -0.251. The van der Waals surface area contributed by atoms with Crippen molar-refractivity contribution in [2.45, 2.75) is 58.9 Å². The highest BCUT2D eigenvalue weighted by molar-refractivity contribution is 5.89. The van der Waals surface area contributed by atoms with Crippen LogP contribution in [0.1, 0.15) is 53.4 Å². The van der Waals surface area contributed by atoms with Crippen molar-refractivity contribution in [2.75, 3.05) is 19.6 Å². The fraction of sp³-hybridized carbons (Fsp3) is 0.857. The first kappa shape index (κ1) is 17.9. The third-order valence-electron chi connectivity index (χ3n) is 2.95. The van der Waals surface area contributed by atoms with Gasteiger partial charge in [0.1, 0.15) is 0 Å². The molecule has 5 heteroatoms. The Morgan fingerprint density at radius 1 is 1.16 bits per heavy atom. The zero-order valence-electron chi connectivity index (χ0n) is 12.8. The van der Waals surface area contributed by atoms with E-state index in [1.165, 1.54) is 0 Å². The molecule has 0 saturated carbocycles. The maximum Gasteiger partial charge on any atom is 0.242 e. The van der Waals surface area contributed by atoms with E-state index in [1.807, 2.05) is 20.8 Å². The van der Waals surface area contributed by atoms with Crippen LogP contribution in [0.5, 0.6) is 0 Å². The number of rotatable bonds is 9. The first-order valence-electron chi connectivity index (χ1n) is 7.23. The van der Waals surface area contributed by atoms with E-state index in [0.29, 0.717) is 19.5 Å². The highest BCUT2D eigenvalue weighted by Gasteiger charge is 2.32. The molecular formula is C14H29N3O2. The Bertz CT molecular complexity index is 290. The molecule has 0 fully saturated rings. The second-order valence-electron chi connectivity index (χ2n) is 5.24. The topological polar surface area (TPSA) is 75.4 Å². The molecule has 0 heterocycles. The SMILES string of the molecule is CCCNC(=O)CN(CCC)C(=O)C(C)(N)CCC. The summed E-state index contributed by atoms with van der Waals surface area (Å²) in [5.41, 5.74) is 5.17. The summed E-state index contributed by atoms with van der Waals surface area (Å²) in [4.78, 5) is 25.7. The van der Waals surface area contributed by atoms with E-state index in [0.717, 1.165) is 19.3 Å². The summed E-state index contributed by atoms with van der Waals surface area (Å²) in [6, 6.07) is 0. The number of hydrogen-bond acceptors (Lipinski definition) is 3. The van der Waals surface area contributed by atoms with E-state index in [-0.39, 0.29) is 18.4 Å². The zero-order valence-corrected chi connectivity index (χ0v) is 12.8. The monoisotopic (exact) mass is 271 g/mol. The van der Waals surface area contributed by atoms with Crippen molar-refractivity contribution >= 4 is 11.8 Å². The minimum atomic E-state index is -0.880. The first-order valence-corrected chi connectivity index (χ1v) is 7.23. The Hall–Kier alpha value is -1.10. The quantitative estimate of drug-likeness (QED) is 0.663. The van der Waals surface area contributed by atoms with E-state index in [4.69, 9.17) is 5.73 Å². The number of carbonyl (C=O) groups is 2. The molecule has 0 aliphatic heterocycles. The normalized spacial score (nSPS) is 13.7. The van der Waals surface area contributed by atoms with Crippen LogP contribution < -0.4 is 11.1 Å². The van der Waals surface area contributed by atoms with E-state index in [9.17, 15) is 9.59 Å². The molecule has 2 amide bonds. The average molecular weight is 271 g/mol.